The van der Waals surface area contributed by atoms with Gasteiger partial charge in [0.1, 0.15) is 0 Å². The molecule has 0 heterocycles. The van der Waals surface area contributed by atoms with Gasteiger partial charge in [0.2, 0.25) is 0 Å². The first-order valence-electron chi connectivity index (χ1n) is 4.98. The van der Waals surface area contributed by atoms with Crippen molar-refractivity contribution < 1.29 is 9.90 Å². The maximum absolute atomic E-state index is 10.8. The van der Waals surface area contributed by atoms with Crippen LogP contribution in [0.3, 0.4) is 0 Å². The van der Waals surface area contributed by atoms with Gasteiger partial charge in [0.15, 0.2) is 0 Å². The van der Waals surface area contributed by atoms with Gasteiger partial charge in [0.05, 0.1) is 5.92 Å². The molecular weight excluding hydrogens is 188 g/mol. The van der Waals surface area contributed by atoms with Gasteiger partial charge >= 0.3 is 5.97 Å². The number of hydrogen-bond donors (Lipinski definition) is 1. The number of benzene rings is 1. The minimum atomic E-state index is -0.787. The first-order chi connectivity index (χ1) is 7.00. The SMILES string of the molecule is CC(C)=Cc1ccc(C(C)C(=O)O)cc1. The Morgan fingerprint density at radius 1 is 1.27 bits per heavy atom. The molecule has 1 unspecified atom stereocenters. The van der Waals surface area contributed by atoms with Crippen molar-refractivity contribution in [2.45, 2.75) is 26.7 Å². The first kappa shape index (κ1) is 11.5. The Balaban J connectivity index is 2.90. The van der Waals surface area contributed by atoms with Crippen LogP contribution in [-0.4, -0.2) is 11.1 Å². The van der Waals surface area contributed by atoms with E-state index in [-0.39, 0.29) is 0 Å². The molecule has 0 fully saturated rings. The lowest BCUT2D eigenvalue weighted by Crippen LogP contribution is -2.06. The van der Waals surface area contributed by atoms with Crippen molar-refractivity contribution in [3.05, 3.63) is 41.0 Å². The summed E-state index contributed by atoms with van der Waals surface area (Å²) in [7, 11) is 0. The monoisotopic (exact) mass is 204 g/mol. The zero-order chi connectivity index (χ0) is 11.4. The molecule has 1 rings (SSSR count). The van der Waals surface area contributed by atoms with E-state index >= 15 is 0 Å². The summed E-state index contributed by atoms with van der Waals surface area (Å²) in [5.74, 6) is -1.23. The highest BCUT2D eigenvalue weighted by Gasteiger charge is 2.12. The van der Waals surface area contributed by atoms with Crippen molar-refractivity contribution in [2.75, 3.05) is 0 Å². The van der Waals surface area contributed by atoms with Crippen LogP contribution in [0.25, 0.3) is 6.08 Å². The van der Waals surface area contributed by atoms with E-state index < -0.39 is 11.9 Å². The summed E-state index contributed by atoms with van der Waals surface area (Å²) in [5.41, 5.74) is 3.18. The molecule has 0 saturated carbocycles. The Labute approximate surface area is 90.3 Å². The number of carbonyl (C=O) groups is 1. The van der Waals surface area contributed by atoms with Crippen LogP contribution in [0, 0.1) is 0 Å². The van der Waals surface area contributed by atoms with Gasteiger partial charge in [-0.15, -0.1) is 0 Å². The molecular formula is C13H16O2. The lowest BCUT2D eigenvalue weighted by molar-refractivity contribution is -0.138. The van der Waals surface area contributed by atoms with Gasteiger partial charge < -0.3 is 5.11 Å². The second-order valence-corrected chi connectivity index (χ2v) is 3.95. The summed E-state index contributed by atoms with van der Waals surface area (Å²) in [5, 5.41) is 8.84. The van der Waals surface area contributed by atoms with Crippen molar-refractivity contribution in [1.82, 2.24) is 0 Å². The topological polar surface area (TPSA) is 37.3 Å². The Morgan fingerprint density at radius 3 is 2.20 bits per heavy atom. The van der Waals surface area contributed by atoms with E-state index in [9.17, 15) is 4.79 Å². The van der Waals surface area contributed by atoms with Gasteiger partial charge in [-0.05, 0) is 31.9 Å². The molecule has 0 saturated heterocycles. The predicted octanol–water partition coefficient (Wildman–Crippen LogP) is 3.30. The Bertz CT molecular complexity index is 370. The molecule has 0 aromatic heterocycles. The number of rotatable bonds is 3. The summed E-state index contributed by atoms with van der Waals surface area (Å²) in [6.07, 6.45) is 2.06. The van der Waals surface area contributed by atoms with E-state index in [2.05, 4.69) is 6.08 Å². The molecule has 0 aliphatic carbocycles. The smallest absolute Gasteiger partial charge is 0.310 e. The minimum Gasteiger partial charge on any atom is -0.481 e. The summed E-state index contributed by atoms with van der Waals surface area (Å²) >= 11 is 0. The van der Waals surface area contributed by atoms with Gasteiger partial charge in [-0.2, -0.15) is 0 Å². The molecule has 80 valence electrons. The average molecular weight is 204 g/mol. The van der Waals surface area contributed by atoms with Crippen molar-refractivity contribution in [2.24, 2.45) is 0 Å². The van der Waals surface area contributed by atoms with Crippen LogP contribution in [0.4, 0.5) is 0 Å². The van der Waals surface area contributed by atoms with Crippen LogP contribution in [0.5, 0.6) is 0 Å². The largest absolute Gasteiger partial charge is 0.481 e. The fraction of sp³-hybridized carbons (Fsp3) is 0.308. The normalized spacial score (nSPS) is 11.9. The molecule has 2 nitrogen and oxygen atoms in total. The quantitative estimate of drug-likeness (QED) is 0.820. The minimum absolute atomic E-state index is 0.439. The Hall–Kier alpha value is -1.57. The highest BCUT2D eigenvalue weighted by atomic mass is 16.4. The van der Waals surface area contributed by atoms with E-state index in [1.165, 1.54) is 5.57 Å². The maximum atomic E-state index is 10.8. The molecule has 2 heteroatoms. The van der Waals surface area contributed by atoms with Crippen LogP contribution < -0.4 is 0 Å². The summed E-state index contributed by atoms with van der Waals surface area (Å²) in [4.78, 5) is 10.8. The van der Waals surface area contributed by atoms with Crippen LogP contribution in [0.1, 0.15) is 37.8 Å². The van der Waals surface area contributed by atoms with E-state index in [4.69, 9.17) is 5.11 Å². The standard InChI is InChI=1S/C13H16O2/c1-9(2)8-11-4-6-12(7-5-11)10(3)13(14)15/h4-8,10H,1-3H3,(H,14,15). The van der Waals surface area contributed by atoms with Crippen molar-refractivity contribution in [3.8, 4) is 0 Å². The first-order valence-corrected chi connectivity index (χ1v) is 4.98. The zero-order valence-corrected chi connectivity index (χ0v) is 9.32. The lowest BCUT2D eigenvalue weighted by atomic mass is 10.00. The molecule has 0 spiro atoms. The van der Waals surface area contributed by atoms with Crippen LogP contribution >= 0.6 is 0 Å². The second kappa shape index (κ2) is 4.78. The highest BCUT2D eigenvalue weighted by Crippen LogP contribution is 2.17. The van der Waals surface area contributed by atoms with Gasteiger partial charge in [0, 0.05) is 0 Å². The Kier molecular flexibility index (Phi) is 3.67. The third-order valence-corrected chi connectivity index (χ3v) is 2.26. The fourth-order valence-corrected chi connectivity index (χ4v) is 1.36. The molecule has 0 aliphatic heterocycles. The summed E-state index contributed by atoms with van der Waals surface area (Å²) in [6, 6.07) is 7.63. The third kappa shape index (κ3) is 3.24. The average Bonchev–Trinajstić information content (AvgIpc) is 2.17. The van der Waals surface area contributed by atoms with Crippen molar-refractivity contribution >= 4 is 12.0 Å². The number of carboxylic acids is 1. The number of allylic oxidation sites excluding steroid dienone is 1. The van der Waals surface area contributed by atoms with Gasteiger partial charge in [-0.1, -0.05) is 35.9 Å². The van der Waals surface area contributed by atoms with E-state index in [1.54, 1.807) is 6.92 Å². The zero-order valence-electron chi connectivity index (χ0n) is 9.32. The summed E-state index contributed by atoms with van der Waals surface area (Å²) < 4.78 is 0. The molecule has 0 aliphatic rings. The predicted molar refractivity (Wildman–Crippen MR) is 61.8 cm³/mol. The second-order valence-electron chi connectivity index (χ2n) is 3.95. The molecule has 0 amide bonds. The number of hydrogen-bond acceptors (Lipinski definition) is 1. The fourth-order valence-electron chi connectivity index (χ4n) is 1.36. The van der Waals surface area contributed by atoms with Crippen molar-refractivity contribution in [1.29, 1.82) is 0 Å². The van der Waals surface area contributed by atoms with Crippen LogP contribution in [-0.2, 0) is 4.79 Å². The summed E-state index contributed by atoms with van der Waals surface area (Å²) in [6.45, 7) is 5.76. The molecule has 15 heavy (non-hydrogen) atoms. The van der Waals surface area contributed by atoms with E-state index in [1.807, 2.05) is 38.1 Å². The van der Waals surface area contributed by atoms with Crippen molar-refractivity contribution in [3.63, 3.8) is 0 Å². The third-order valence-electron chi connectivity index (χ3n) is 2.26. The van der Waals surface area contributed by atoms with Gasteiger partial charge in [0.25, 0.3) is 0 Å². The van der Waals surface area contributed by atoms with E-state index in [0.29, 0.717) is 0 Å². The highest BCUT2D eigenvalue weighted by molar-refractivity contribution is 5.75. The number of carboxylic acid groups (broad SMARTS) is 1. The maximum Gasteiger partial charge on any atom is 0.310 e. The molecule has 1 N–H and O–H groups in total. The van der Waals surface area contributed by atoms with Gasteiger partial charge in [-0.3, -0.25) is 4.79 Å². The molecule has 0 radical (unpaired) electrons. The number of aliphatic carboxylic acids is 1. The van der Waals surface area contributed by atoms with Gasteiger partial charge in [-0.25, -0.2) is 0 Å². The molecule has 0 bridgehead atoms. The van der Waals surface area contributed by atoms with Crippen LogP contribution in [0.2, 0.25) is 0 Å². The van der Waals surface area contributed by atoms with Crippen LogP contribution in [0.15, 0.2) is 29.8 Å². The molecule has 1 aromatic rings. The van der Waals surface area contributed by atoms with E-state index in [0.717, 1.165) is 11.1 Å². The Morgan fingerprint density at radius 2 is 1.80 bits per heavy atom. The molecule has 1 aromatic carbocycles. The lowest BCUT2D eigenvalue weighted by Gasteiger charge is -2.06. The molecule has 1 atom stereocenters.